The highest BCUT2D eigenvalue weighted by atomic mass is 32.2. The fourth-order valence-corrected chi connectivity index (χ4v) is 3.30. The zero-order valence-corrected chi connectivity index (χ0v) is 15.2. The minimum atomic E-state index is 0.0616. The molecule has 0 saturated carbocycles. The summed E-state index contributed by atoms with van der Waals surface area (Å²) in [7, 11) is 0. The number of aryl methyl sites for hydroxylation is 1. The molecule has 1 heterocycles. The smallest absolute Gasteiger partial charge is 0.252 e. The first-order valence-electron chi connectivity index (χ1n) is 8.43. The minimum absolute atomic E-state index is 0.0616. The van der Waals surface area contributed by atoms with Gasteiger partial charge >= 0.3 is 0 Å². The summed E-state index contributed by atoms with van der Waals surface area (Å²) in [6.07, 6.45) is 0.816. The van der Waals surface area contributed by atoms with Crippen LogP contribution in [-0.2, 0) is 4.79 Å². The molecule has 0 aliphatic carbocycles. The second-order valence-electron chi connectivity index (χ2n) is 5.90. The average molecular weight is 354 g/mol. The van der Waals surface area contributed by atoms with Crippen LogP contribution in [0.15, 0.2) is 59.7 Å². The van der Waals surface area contributed by atoms with E-state index in [1.54, 1.807) is 16.8 Å². The van der Waals surface area contributed by atoms with Crippen LogP contribution in [0.4, 0.5) is 0 Å². The highest BCUT2D eigenvalue weighted by Crippen LogP contribution is 2.16. The molecule has 1 aliphatic rings. The second kappa shape index (κ2) is 8.72. The molecule has 0 bridgehead atoms. The van der Waals surface area contributed by atoms with Gasteiger partial charge < -0.3 is 4.74 Å². The molecule has 130 valence electrons. The second-order valence-corrected chi connectivity index (χ2v) is 7.00. The van der Waals surface area contributed by atoms with Gasteiger partial charge in [-0.1, -0.05) is 42.5 Å². The molecule has 25 heavy (non-hydrogen) atoms. The molecule has 0 N–H and O–H groups in total. The number of amides is 1. The summed E-state index contributed by atoms with van der Waals surface area (Å²) in [5.74, 6) is 2.15. The Labute approximate surface area is 152 Å². The molecular weight excluding hydrogens is 332 g/mol. The number of hydrogen-bond donors (Lipinski definition) is 0. The molecule has 0 aromatic heterocycles. The van der Waals surface area contributed by atoms with Gasteiger partial charge in [-0.25, -0.2) is 5.01 Å². The van der Waals surface area contributed by atoms with Gasteiger partial charge in [0.2, 0.25) is 0 Å². The number of thioether (sulfide) groups is 1. The lowest BCUT2D eigenvalue weighted by Gasteiger charge is -2.11. The Morgan fingerprint density at radius 1 is 1.20 bits per heavy atom. The third-order valence-electron chi connectivity index (χ3n) is 3.91. The molecule has 0 atom stereocenters. The lowest BCUT2D eigenvalue weighted by molar-refractivity contribution is -0.127. The molecule has 0 spiro atoms. The largest absolute Gasteiger partial charge is 0.493 e. The Kier molecular flexibility index (Phi) is 6.12. The number of benzene rings is 2. The summed E-state index contributed by atoms with van der Waals surface area (Å²) in [5.41, 5.74) is 3.26. The molecule has 4 nitrogen and oxygen atoms in total. The molecule has 1 amide bonds. The van der Waals surface area contributed by atoms with Crippen molar-refractivity contribution in [3.63, 3.8) is 0 Å². The summed E-state index contributed by atoms with van der Waals surface area (Å²) in [6, 6.07) is 18.0. The van der Waals surface area contributed by atoms with E-state index in [0.717, 1.165) is 29.2 Å². The van der Waals surface area contributed by atoms with Crippen molar-refractivity contribution in [1.29, 1.82) is 0 Å². The normalized spacial score (nSPS) is 13.6. The summed E-state index contributed by atoms with van der Waals surface area (Å²) in [6.45, 7) is 3.31. The van der Waals surface area contributed by atoms with Crippen LogP contribution in [0.1, 0.15) is 17.5 Å². The van der Waals surface area contributed by atoms with E-state index in [-0.39, 0.29) is 5.91 Å². The van der Waals surface area contributed by atoms with Crippen LogP contribution in [0.2, 0.25) is 0 Å². The van der Waals surface area contributed by atoms with Crippen LogP contribution in [-0.4, -0.2) is 41.3 Å². The molecule has 1 aliphatic heterocycles. The van der Waals surface area contributed by atoms with Crippen molar-refractivity contribution in [3.8, 4) is 5.75 Å². The molecular formula is C20H22N2O2S. The molecule has 0 radical (unpaired) electrons. The van der Waals surface area contributed by atoms with Crippen LogP contribution in [0.25, 0.3) is 0 Å². The molecule has 3 rings (SSSR count). The van der Waals surface area contributed by atoms with E-state index in [9.17, 15) is 4.79 Å². The van der Waals surface area contributed by atoms with Crippen molar-refractivity contribution in [2.75, 3.05) is 24.7 Å². The van der Waals surface area contributed by atoms with E-state index in [2.05, 4.69) is 5.10 Å². The average Bonchev–Trinajstić information content (AvgIpc) is 3.12. The number of carbonyl (C=O) groups is 1. The third kappa shape index (κ3) is 5.10. The fraction of sp³-hybridized carbons (Fsp3) is 0.300. The Morgan fingerprint density at radius 2 is 2.04 bits per heavy atom. The standard InChI is InChI=1S/C20H22N2O2S/c1-16-6-5-9-18(14-16)24-12-13-25-15-20(23)22-11-10-19(21-22)17-7-3-2-4-8-17/h2-9,14H,10-13,15H2,1H3. The van der Waals surface area contributed by atoms with Crippen LogP contribution in [0.3, 0.4) is 0 Å². The number of rotatable bonds is 7. The van der Waals surface area contributed by atoms with Crippen LogP contribution < -0.4 is 4.74 Å². The Balaban J connectivity index is 1.39. The summed E-state index contributed by atoms with van der Waals surface area (Å²) >= 11 is 1.58. The first kappa shape index (κ1) is 17.5. The van der Waals surface area contributed by atoms with Gasteiger partial charge in [0, 0.05) is 12.2 Å². The Morgan fingerprint density at radius 3 is 2.84 bits per heavy atom. The van der Waals surface area contributed by atoms with Gasteiger partial charge in [-0.3, -0.25) is 4.79 Å². The summed E-state index contributed by atoms with van der Waals surface area (Å²) in [4.78, 5) is 12.3. The number of nitrogens with zero attached hydrogens (tertiary/aromatic N) is 2. The number of carbonyl (C=O) groups excluding carboxylic acids is 1. The molecule has 0 fully saturated rings. The lowest BCUT2D eigenvalue weighted by Crippen LogP contribution is -2.25. The molecule has 0 saturated heterocycles. The van der Waals surface area contributed by atoms with E-state index < -0.39 is 0 Å². The van der Waals surface area contributed by atoms with Crippen molar-refractivity contribution in [1.82, 2.24) is 5.01 Å². The number of hydrazone groups is 1. The zero-order valence-electron chi connectivity index (χ0n) is 14.4. The Bertz CT molecular complexity index is 746. The van der Waals surface area contributed by atoms with Crippen LogP contribution in [0.5, 0.6) is 5.75 Å². The predicted molar refractivity (Wildman–Crippen MR) is 103 cm³/mol. The molecule has 0 unspecified atom stereocenters. The van der Waals surface area contributed by atoms with E-state index >= 15 is 0 Å². The molecule has 2 aromatic rings. The van der Waals surface area contributed by atoms with Crippen molar-refractivity contribution in [2.24, 2.45) is 5.10 Å². The maximum absolute atomic E-state index is 12.3. The van der Waals surface area contributed by atoms with Crippen molar-refractivity contribution < 1.29 is 9.53 Å². The van der Waals surface area contributed by atoms with Gasteiger partial charge in [0.1, 0.15) is 5.75 Å². The summed E-state index contributed by atoms with van der Waals surface area (Å²) < 4.78 is 5.70. The van der Waals surface area contributed by atoms with E-state index in [1.165, 1.54) is 5.56 Å². The van der Waals surface area contributed by atoms with Gasteiger partial charge in [-0.2, -0.15) is 5.10 Å². The zero-order chi connectivity index (χ0) is 17.5. The van der Waals surface area contributed by atoms with E-state index in [4.69, 9.17) is 4.74 Å². The van der Waals surface area contributed by atoms with E-state index in [0.29, 0.717) is 18.9 Å². The highest BCUT2D eigenvalue weighted by Gasteiger charge is 2.21. The first-order valence-corrected chi connectivity index (χ1v) is 9.58. The monoisotopic (exact) mass is 354 g/mol. The molecule has 2 aromatic carbocycles. The fourth-order valence-electron chi connectivity index (χ4n) is 2.63. The molecule has 5 heteroatoms. The van der Waals surface area contributed by atoms with E-state index in [1.807, 2.05) is 61.5 Å². The highest BCUT2D eigenvalue weighted by molar-refractivity contribution is 7.99. The van der Waals surface area contributed by atoms with Gasteiger partial charge in [-0.05, 0) is 30.2 Å². The minimum Gasteiger partial charge on any atom is -0.493 e. The van der Waals surface area contributed by atoms with Crippen molar-refractivity contribution in [3.05, 3.63) is 65.7 Å². The van der Waals surface area contributed by atoms with Crippen molar-refractivity contribution >= 4 is 23.4 Å². The first-order chi connectivity index (χ1) is 12.2. The van der Waals surface area contributed by atoms with Crippen LogP contribution in [0, 0.1) is 6.92 Å². The SMILES string of the molecule is Cc1cccc(OCCSCC(=O)N2CCC(c3ccccc3)=N2)c1. The Hall–Kier alpha value is -2.27. The number of hydrogen-bond acceptors (Lipinski definition) is 4. The third-order valence-corrected chi connectivity index (χ3v) is 4.81. The van der Waals surface area contributed by atoms with Gasteiger partial charge in [0.05, 0.1) is 24.6 Å². The number of ether oxygens (including phenoxy) is 1. The predicted octanol–water partition coefficient (Wildman–Crippen LogP) is 3.74. The quantitative estimate of drug-likeness (QED) is 0.711. The topological polar surface area (TPSA) is 41.9 Å². The van der Waals surface area contributed by atoms with Crippen LogP contribution >= 0.6 is 11.8 Å². The van der Waals surface area contributed by atoms with Gasteiger partial charge in [-0.15, -0.1) is 11.8 Å². The maximum atomic E-state index is 12.3. The van der Waals surface area contributed by atoms with Gasteiger partial charge in [0.25, 0.3) is 5.91 Å². The van der Waals surface area contributed by atoms with Crippen molar-refractivity contribution in [2.45, 2.75) is 13.3 Å². The lowest BCUT2D eigenvalue weighted by atomic mass is 10.1. The summed E-state index contributed by atoms with van der Waals surface area (Å²) in [5, 5.41) is 6.06. The van der Waals surface area contributed by atoms with Gasteiger partial charge in [0.15, 0.2) is 0 Å². The maximum Gasteiger partial charge on any atom is 0.252 e.